The topological polar surface area (TPSA) is 9.23 Å². The molecule has 72 valence electrons. The highest BCUT2D eigenvalue weighted by atomic mass is 127. The minimum absolute atomic E-state index is 0.831. The summed E-state index contributed by atoms with van der Waals surface area (Å²) < 4.78 is 6.88. The highest BCUT2D eigenvalue weighted by Crippen LogP contribution is 2.20. The molecule has 0 amide bonds. The van der Waals surface area contributed by atoms with Crippen LogP contribution in [0.4, 0.5) is 0 Å². The largest absolute Gasteiger partial charge is 0.493 e. The number of unbranched alkanes of at least 4 members (excludes halogenated alkanes) is 1. The molecule has 13 heavy (non-hydrogen) atoms. The van der Waals surface area contributed by atoms with E-state index in [1.165, 1.54) is 15.6 Å². The first-order valence-corrected chi connectivity index (χ1v) is 5.71. The van der Waals surface area contributed by atoms with E-state index in [-0.39, 0.29) is 0 Å². The zero-order valence-electron chi connectivity index (χ0n) is 8.14. The van der Waals surface area contributed by atoms with E-state index in [9.17, 15) is 0 Å². The minimum atomic E-state index is 0.831. The Balaban J connectivity index is 2.59. The van der Waals surface area contributed by atoms with Gasteiger partial charge in [-0.3, -0.25) is 0 Å². The summed E-state index contributed by atoms with van der Waals surface area (Å²) in [4.78, 5) is 0. The van der Waals surface area contributed by atoms with Gasteiger partial charge in [-0.2, -0.15) is 0 Å². The van der Waals surface area contributed by atoms with Gasteiger partial charge < -0.3 is 4.74 Å². The number of benzene rings is 1. The minimum Gasteiger partial charge on any atom is -0.493 e. The fourth-order valence-corrected chi connectivity index (χ4v) is 1.52. The number of rotatable bonds is 4. The van der Waals surface area contributed by atoms with Crippen LogP contribution in [-0.4, -0.2) is 6.61 Å². The maximum absolute atomic E-state index is 5.65. The highest BCUT2D eigenvalue weighted by Gasteiger charge is 1.99. The van der Waals surface area contributed by atoms with Crippen LogP contribution in [0.15, 0.2) is 18.2 Å². The third kappa shape index (κ3) is 3.55. The second-order valence-electron chi connectivity index (χ2n) is 3.11. The van der Waals surface area contributed by atoms with Gasteiger partial charge in [-0.15, -0.1) is 0 Å². The average Bonchev–Trinajstić information content (AvgIpc) is 2.11. The van der Waals surface area contributed by atoms with Crippen LogP contribution in [-0.2, 0) is 0 Å². The van der Waals surface area contributed by atoms with Crippen molar-refractivity contribution in [1.82, 2.24) is 0 Å². The number of halogens is 1. The molecule has 0 aliphatic heterocycles. The number of ether oxygens (including phenoxy) is 1. The predicted octanol–water partition coefficient (Wildman–Crippen LogP) is 3.78. The zero-order valence-corrected chi connectivity index (χ0v) is 10.3. The van der Waals surface area contributed by atoms with Gasteiger partial charge in [0.15, 0.2) is 0 Å². The molecule has 0 bridgehead atoms. The van der Waals surface area contributed by atoms with Crippen molar-refractivity contribution >= 4 is 22.6 Å². The lowest BCUT2D eigenvalue weighted by atomic mass is 10.2. The van der Waals surface area contributed by atoms with E-state index in [0.29, 0.717) is 0 Å². The lowest BCUT2D eigenvalue weighted by Gasteiger charge is -2.08. The second-order valence-corrected chi connectivity index (χ2v) is 4.36. The lowest BCUT2D eigenvalue weighted by molar-refractivity contribution is 0.307. The first-order chi connectivity index (χ1) is 6.24. The van der Waals surface area contributed by atoms with Crippen molar-refractivity contribution in [3.63, 3.8) is 0 Å². The van der Waals surface area contributed by atoms with Crippen molar-refractivity contribution in [3.8, 4) is 5.75 Å². The molecule has 0 N–H and O–H groups in total. The molecule has 0 heterocycles. The van der Waals surface area contributed by atoms with Gasteiger partial charge in [0, 0.05) is 3.57 Å². The van der Waals surface area contributed by atoms with Crippen LogP contribution < -0.4 is 4.74 Å². The molecule has 0 radical (unpaired) electrons. The molecule has 0 atom stereocenters. The van der Waals surface area contributed by atoms with Crippen LogP contribution in [0.25, 0.3) is 0 Å². The third-order valence-corrected chi connectivity index (χ3v) is 2.58. The fraction of sp³-hybridized carbons (Fsp3) is 0.455. The molecule has 0 fully saturated rings. The van der Waals surface area contributed by atoms with E-state index in [1.54, 1.807) is 0 Å². The zero-order chi connectivity index (χ0) is 9.68. The van der Waals surface area contributed by atoms with Gasteiger partial charge in [-0.1, -0.05) is 19.4 Å². The maximum Gasteiger partial charge on any atom is 0.123 e. The van der Waals surface area contributed by atoms with E-state index in [4.69, 9.17) is 4.74 Å². The van der Waals surface area contributed by atoms with Gasteiger partial charge in [0.2, 0.25) is 0 Å². The Bertz CT molecular complexity index is 271. The van der Waals surface area contributed by atoms with Crippen LogP contribution in [0.5, 0.6) is 5.75 Å². The van der Waals surface area contributed by atoms with Gasteiger partial charge in [0.05, 0.1) is 6.61 Å². The Hall–Kier alpha value is -0.250. The summed E-state index contributed by atoms with van der Waals surface area (Å²) in [6, 6.07) is 6.29. The van der Waals surface area contributed by atoms with Gasteiger partial charge in [0.1, 0.15) is 5.75 Å². The maximum atomic E-state index is 5.65. The molecule has 0 aliphatic rings. The Morgan fingerprint density at radius 1 is 1.38 bits per heavy atom. The molecule has 0 saturated heterocycles. The molecule has 0 saturated carbocycles. The van der Waals surface area contributed by atoms with Crippen LogP contribution in [0.2, 0.25) is 0 Å². The second kappa shape index (κ2) is 5.47. The van der Waals surface area contributed by atoms with Crippen LogP contribution in [0.3, 0.4) is 0 Å². The quantitative estimate of drug-likeness (QED) is 0.605. The SMILES string of the molecule is CCCCOc1cc(I)ccc1C. The van der Waals surface area contributed by atoms with Crippen LogP contribution >= 0.6 is 22.6 Å². The average molecular weight is 290 g/mol. The van der Waals surface area contributed by atoms with Crippen molar-refractivity contribution in [2.24, 2.45) is 0 Å². The number of aryl methyl sites for hydroxylation is 1. The van der Waals surface area contributed by atoms with Crippen LogP contribution in [0.1, 0.15) is 25.3 Å². The standard InChI is InChI=1S/C11H15IO/c1-3-4-7-13-11-8-10(12)6-5-9(11)2/h5-6,8H,3-4,7H2,1-2H3. The summed E-state index contributed by atoms with van der Waals surface area (Å²) in [7, 11) is 0. The van der Waals surface area contributed by atoms with Crippen molar-refractivity contribution in [2.75, 3.05) is 6.61 Å². The Morgan fingerprint density at radius 2 is 2.15 bits per heavy atom. The smallest absolute Gasteiger partial charge is 0.123 e. The van der Waals surface area contributed by atoms with Gasteiger partial charge in [0.25, 0.3) is 0 Å². The third-order valence-electron chi connectivity index (χ3n) is 1.91. The van der Waals surface area contributed by atoms with E-state index in [2.05, 4.69) is 54.6 Å². The molecule has 1 aromatic carbocycles. The molecule has 1 rings (SSSR count). The van der Waals surface area contributed by atoms with E-state index < -0.39 is 0 Å². The molecular weight excluding hydrogens is 275 g/mol. The number of hydrogen-bond acceptors (Lipinski definition) is 1. The highest BCUT2D eigenvalue weighted by molar-refractivity contribution is 14.1. The van der Waals surface area contributed by atoms with Gasteiger partial charge in [-0.05, 0) is 53.6 Å². The van der Waals surface area contributed by atoms with E-state index in [0.717, 1.165) is 18.8 Å². The number of hydrogen-bond donors (Lipinski definition) is 0. The molecule has 1 nitrogen and oxygen atoms in total. The predicted molar refractivity (Wildman–Crippen MR) is 64.3 cm³/mol. The molecule has 0 unspecified atom stereocenters. The van der Waals surface area contributed by atoms with Crippen LogP contribution in [0, 0.1) is 10.5 Å². The Labute approximate surface area is 93.6 Å². The summed E-state index contributed by atoms with van der Waals surface area (Å²) in [5.41, 5.74) is 1.22. The van der Waals surface area contributed by atoms with Gasteiger partial charge in [-0.25, -0.2) is 0 Å². The normalized spacial score (nSPS) is 10.1. The summed E-state index contributed by atoms with van der Waals surface area (Å²) in [6.45, 7) is 5.08. The molecule has 2 heteroatoms. The monoisotopic (exact) mass is 290 g/mol. The Kier molecular flexibility index (Phi) is 4.56. The summed E-state index contributed by atoms with van der Waals surface area (Å²) in [5, 5.41) is 0. The fourth-order valence-electron chi connectivity index (χ4n) is 1.06. The molecular formula is C11H15IO. The Morgan fingerprint density at radius 3 is 2.85 bits per heavy atom. The van der Waals surface area contributed by atoms with E-state index >= 15 is 0 Å². The lowest BCUT2D eigenvalue weighted by Crippen LogP contribution is -1.98. The molecule has 0 spiro atoms. The summed E-state index contributed by atoms with van der Waals surface area (Å²) >= 11 is 2.30. The molecule has 0 aliphatic carbocycles. The van der Waals surface area contributed by atoms with E-state index in [1.807, 2.05) is 0 Å². The molecule has 1 aromatic rings. The van der Waals surface area contributed by atoms with Crippen molar-refractivity contribution in [1.29, 1.82) is 0 Å². The summed E-state index contributed by atoms with van der Waals surface area (Å²) in [5.74, 6) is 1.03. The first kappa shape index (κ1) is 10.8. The first-order valence-electron chi connectivity index (χ1n) is 4.63. The summed E-state index contributed by atoms with van der Waals surface area (Å²) in [6.07, 6.45) is 2.31. The van der Waals surface area contributed by atoms with Crippen molar-refractivity contribution in [3.05, 3.63) is 27.3 Å². The molecule has 0 aromatic heterocycles. The van der Waals surface area contributed by atoms with Crippen molar-refractivity contribution in [2.45, 2.75) is 26.7 Å². The van der Waals surface area contributed by atoms with Gasteiger partial charge >= 0.3 is 0 Å². The van der Waals surface area contributed by atoms with Crippen molar-refractivity contribution < 1.29 is 4.74 Å².